The van der Waals surface area contributed by atoms with Gasteiger partial charge in [-0.05, 0) is 31.6 Å². The molecule has 2 amide bonds. The van der Waals surface area contributed by atoms with Crippen molar-refractivity contribution in [2.24, 2.45) is 11.8 Å². The minimum absolute atomic E-state index is 0.0558. The number of rotatable bonds is 3. The van der Waals surface area contributed by atoms with Crippen molar-refractivity contribution in [1.82, 2.24) is 9.80 Å². The molecule has 0 aliphatic carbocycles. The van der Waals surface area contributed by atoms with E-state index in [1.807, 2.05) is 23.6 Å². The van der Waals surface area contributed by atoms with Crippen LogP contribution in [-0.2, 0) is 19.1 Å². The van der Waals surface area contributed by atoms with E-state index < -0.39 is 0 Å². The lowest BCUT2D eigenvalue weighted by Gasteiger charge is -2.46. The first-order chi connectivity index (χ1) is 12.0. The molecule has 0 bridgehead atoms. The predicted octanol–water partition coefficient (Wildman–Crippen LogP) is 1.68. The van der Waals surface area contributed by atoms with E-state index in [1.54, 1.807) is 0 Å². The monoisotopic (exact) mass is 352 g/mol. The molecule has 3 saturated heterocycles. The van der Waals surface area contributed by atoms with Gasteiger partial charge in [-0.25, -0.2) is 0 Å². The van der Waals surface area contributed by atoms with E-state index in [0.29, 0.717) is 25.6 Å². The molecule has 0 saturated carbocycles. The van der Waals surface area contributed by atoms with E-state index in [2.05, 4.69) is 0 Å². The van der Waals surface area contributed by atoms with Crippen LogP contribution in [0.2, 0.25) is 0 Å². The average molecular weight is 352 g/mol. The highest BCUT2D eigenvalue weighted by Crippen LogP contribution is 2.39. The van der Waals surface area contributed by atoms with Crippen molar-refractivity contribution in [2.75, 3.05) is 46.0 Å². The Morgan fingerprint density at radius 1 is 1.04 bits per heavy atom. The normalized spacial score (nSPS) is 26.9. The second kappa shape index (κ2) is 8.04. The van der Waals surface area contributed by atoms with Crippen LogP contribution >= 0.6 is 0 Å². The van der Waals surface area contributed by atoms with Crippen LogP contribution in [0.15, 0.2) is 0 Å². The van der Waals surface area contributed by atoms with Crippen LogP contribution in [0.3, 0.4) is 0 Å². The second-order valence-electron chi connectivity index (χ2n) is 8.07. The van der Waals surface area contributed by atoms with Gasteiger partial charge in [-0.3, -0.25) is 9.59 Å². The summed E-state index contributed by atoms with van der Waals surface area (Å²) in [4.78, 5) is 28.6. The van der Waals surface area contributed by atoms with Gasteiger partial charge in [0.15, 0.2) is 0 Å². The maximum Gasteiger partial charge on any atom is 0.225 e. The van der Waals surface area contributed by atoms with Crippen molar-refractivity contribution >= 4 is 11.8 Å². The number of ether oxygens (including phenoxy) is 2. The third-order valence-electron chi connectivity index (χ3n) is 5.90. The van der Waals surface area contributed by atoms with Crippen molar-refractivity contribution in [1.29, 1.82) is 0 Å². The fourth-order valence-corrected chi connectivity index (χ4v) is 4.34. The predicted molar refractivity (Wildman–Crippen MR) is 94.1 cm³/mol. The Morgan fingerprint density at radius 3 is 2.36 bits per heavy atom. The van der Waals surface area contributed by atoms with Gasteiger partial charge in [0.05, 0.1) is 18.8 Å². The van der Waals surface area contributed by atoms with Gasteiger partial charge in [-0.1, -0.05) is 13.8 Å². The number of carbonyl (C=O) groups is 2. The van der Waals surface area contributed by atoms with Crippen molar-refractivity contribution < 1.29 is 19.1 Å². The van der Waals surface area contributed by atoms with Crippen LogP contribution in [-0.4, -0.2) is 73.2 Å². The lowest BCUT2D eigenvalue weighted by atomic mass is 9.78. The van der Waals surface area contributed by atoms with Crippen LogP contribution < -0.4 is 0 Å². The molecule has 3 heterocycles. The molecule has 0 aromatic heterocycles. The summed E-state index contributed by atoms with van der Waals surface area (Å²) in [6.45, 7) is 8.96. The molecule has 3 fully saturated rings. The highest BCUT2D eigenvalue weighted by atomic mass is 16.5. The van der Waals surface area contributed by atoms with E-state index in [9.17, 15) is 9.59 Å². The Kier molecular flexibility index (Phi) is 6.00. The smallest absolute Gasteiger partial charge is 0.225 e. The summed E-state index contributed by atoms with van der Waals surface area (Å²) in [6, 6.07) is 0. The number of hydrogen-bond acceptors (Lipinski definition) is 4. The molecule has 0 N–H and O–H groups in total. The molecular formula is C19H32N2O4. The van der Waals surface area contributed by atoms with E-state index in [0.717, 1.165) is 58.5 Å². The Bertz CT molecular complexity index is 480. The van der Waals surface area contributed by atoms with Crippen LogP contribution in [0.1, 0.15) is 46.0 Å². The summed E-state index contributed by atoms with van der Waals surface area (Å²) in [7, 11) is 0. The maximum atomic E-state index is 12.5. The molecule has 142 valence electrons. The second-order valence-corrected chi connectivity index (χ2v) is 8.07. The van der Waals surface area contributed by atoms with E-state index in [-0.39, 0.29) is 23.3 Å². The zero-order valence-corrected chi connectivity index (χ0v) is 15.7. The fraction of sp³-hybridized carbons (Fsp3) is 0.895. The van der Waals surface area contributed by atoms with E-state index >= 15 is 0 Å². The first kappa shape index (κ1) is 18.6. The first-order valence-electron chi connectivity index (χ1n) is 9.77. The summed E-state index contributed by atoms with van der Waals surface area (Å²) in [5.74, 6) is 0.958. The maximum absolute atomic E-state index is 12.5. The average Bonchev–Trinajstić information content (AvgIpc) is 2.62. The number of piperidine rings is 1. The molecule has 1 atom stereocenters. The quantitative estimate of drug-likeness (QED) is 0.775. The zero-order valence-electron chi connectivity index (χ0n) is 15.7. The van der Waals surface area contributed by atoms with Gasteiger partial charge in [0, 0.05) is 45.1 Å². The number of amides is 2. The summed E-state index contributed by atoms with van der Waals surface area (Å²) < 4.78 is 11.5. The van der Waals surface area contributed by atoms with Gasteiger partial charge in [-0.15, -0.1) is 0 Å². The molecule has 6 heteroatoms. The molecule has 0 aromatic carbocycles. The van der Waals surface area contributed by atoms with Gasteiger partial charge in [-0.2, -0.15) is 0 Å². The summed E-state index contributed by atoms with van der Waals surface area (Å²) in [5.41, 5.74) is -0.123. The largest absolute Gasteiger partial charge is 0.378 e. The highest BCUT2D eigenvalue weighted by Gasteiger charge is 2.42. The summed E-state index contributed by atoms with van der Waals surface area (Å²) in [6.07, 6.45) is 4.33. The lowest BCUT2D eigenvalue weighted by Crippen LogP contribution is -2.52. The van der Waals surface area contributed by atoms with Crippen molar-refractivity contribution in [3.8, 4) is 0 Å². The minimum Gasteiger partial charge on any atom is -0.378 e. The van der Waals surface area contributed by atoms with Gasteiger partial charge in [0.2, 0.25) is 11.8 Å². The van der Waals surface area contributed by atoms with Crippen LogP contribution in [0.4, 0.5) is 0 Å². The van der Waals surface area contributed by atoms with E-state index in [4.69, 9.17) is 9.47 Å². The molecule has 0 aromatic rings. The van der Waals surface area contributed by atoms with E-state index in [1.165, 1.54) is 0 Å². The van der Waals surface area contributed by atoms with Crippen molar-refractivity contribution in [3.63, 3.8) is 0 Å². The van der Waals surface area contributed by atoms with Crippen LogP contribution in [0, 0.1) is 11.8 Å². The lowest BCUT2D eigenvalue weighted by molar-refractivity contribution is -0.152. The SMILES string of the molecule is CC(C)C(=O)N1CCC2(CC1)CC(CC(=O)N1CCOCC1)CCO2. The molecule has 1 unspecified atom stereocenters. The van der Waals surface area contributed by atoms with Crippen LogP contribution in [0.25, 0.3) is 0 Å². The number of nitrogens with zero attached hydrogens (tertiary/aromatic N) is 2. The fourth-order valence-electron chi connectivity index (χ4n) is 4.34. The molecule has 3 aliphatic rings. The first-order valence-corrected chi connectivity index (χ1v) is 9.77. The molecular weight excluding hydrogens is 320 g/mol. The number of carbonyl (C=O) groups excluding carboxylic acids is 2. The van der Waals surface area contributed by atoms with Gasteiger partial charge in [0.1, 0.15) is 0 Å². The van der Waals surface area contributed by atoms with Gasteiger partial charge < -0.3 is 19.3 Å². The molecule has 6 nitrogen and oxygen atoms in total. The van der Waals surface area contributed by atoms with Gasteiger partial charge in [0.25, 0.3) is 0 Å². The van der Waals surface area contributed by atoms with Crippen molar-refractivity contribution in [3.05, 3.63) is 0 Å². The van der Waals surface area contributed by atoms with Gasteiger partial charge >= 0.3 is 0 Å². The number of morpholine rings is 1. The summed E-state index contributed by atoms with van der Waals surface area (Å²) in [5, 5.41) is 0. The summed E-state index contributed by atoms with van der Waals surface area (Å²) >= 11 is 0. The van der Waals surface area contributed by atoms with Crippen LogP contribution in [0.5, 0.6) is 0 Å². The Hall–Kier alpha value is -1.14. The third kappa shape index (κ3) is 4.53. The Labute approximate surface area is 150 Å². The molecule has 3 rings (SSSR count). The molecule has 1 spiro atoms. The number of hydrogen-bond donors (Lipinski definition) is 0. The molecule has 25 heavy (non-hydrogen) atoms. The standard InChI is InChI=1S/C19H32N2O4/c1-15(2)18(23)21-6-4-19(5-7-21)14-16(3-10-25-19)13-17(22)20-8-11-24-12-9-20/h15-16H,3-14H2,1-2H3. The third-order valence-corrected chi connectivity index (χ3v) is 5.90. The zero-order chi connectivity index (χ0) is 17.9. The molecule has 3 aliphatic heterocycles. The highest BCUT2D eigenvalue weighted by molar-refractivity contribution is 5.78. The van der Waals surface area contributed by atoms with Crippen molar-refractivity contribution in [2.45, 2.75) is 51.6 Å². The number of likely N-dealkylation sites (tertiary alicyclic amines) is 1. The Balaban J connectivity index is 1.51. The topological polar surface area (TPSA) is 59.1 Å². The Morgan fingerprint density at radius 2 is 1.72 bits per heavy atom. The minimum atomic E-state index is -0.123. The molecule has 0 radical (unpaired) electrons.